The molecular weight excluding hydrogens is 416 g/mol. The highest BCUT2D eigenvalue weighted by Gasteiger charge is 2.35. The molecule has 170 valence electrons. The van der Waals surface area contributed by atoms with Crippen molar-refractivity contribution in [3.8, 4) is 0 Å². The Morgan fingerprint density at radius 2 is 1.58 bits per heavy atom. The lowest BCUT2D eigenvalue weighted by Crippen LogP contribution is -2.28. The average molecular weight is 445 g/mol. The van der Waals surface area contributed by atoms with Gasteiger partial charge < -0.3 is 10.2 Å². The van der Waals surface area contributed by atoms with Crippen molar-refractivity contribution < 1.29 is 14.4 Å². The smallest absolute Gasteiger partial charge is 0.270 e. The van der Waals surface area contributed by atoms with E-state index in [1.165, 1.54) is 0 Å². The number of rotatable bonds is 5. The van der Waals surface area contributed by atoms with Crippen molar-refractivity contribution in [2.75, 3.05) is 22.2 Å². The molecule has 4 rings (SSSR count). The van der Waals surface area contributed by atoms with Gasteiger partial charge in [0.2, 0.25) is 11.8 Å². The van der Waals surface area contributed by atoms with Gasteiger partial charge in [-0.3, -0.25) is 24.5 Å². The normalized spacial score (nSPS) is 15.6. The van der Waals surface area contributed by atoms with Gasteiger partial charge in [-0.15, -0.1) is 0 Å². The van der Waals surface area contributed by atoms with Crippen LogP contribution in [0.1, 0.15) is 39.3 Å². The topological polar surface area (TPSA) is 83.4 Å². The molecule has 1 aliphatic rings. The van der Waals surface area contributed by atoms with E-state index < -0.39 is 5.92 Å². The predicted molar refractivity (Wildman–Crippen MR) is 129 cm³/mol. The minimum absolute atomic E-state index is 0.0496. The van der Waals surface area contributed by atoms with E-state index in [4.69, 9.17) is 0 Å². The van der Waals surface area contributed by atoms with Crippen LogP contribution in [0.4, 0.5) is 11.4 Å². The Balaban J connectivity index is 1.39. The van der Waals surface area contributed by atoms with Crippen molar-refractivity contribution in [2.45, 2.75) is 34.1 Å². The summed E-state index contributed by atoms with van der Waals surface area (Å²) in [7, 11) is 0. The highest BCUT2D eigenvalue weighted by Crippen LogP contribution is 2.30. The number of amides is 3. The lowest BCUT2D eigenvalue weighted by atomic mass is 10.1. The van der Waals surface area contributed by atoms with E-state index >= 15 is 0 Å². The summed E-state index contributed by atoms with van der Waals surface area (Å²) in [6.07, 6.45) is 0.176. The first-order valence-corrected chi connectivity index (χ1v) is 11.0. The quantitative estimate of drug-likeness (QED) is 0.622. The monoisotopic (exact) mass is 444 g/mol. The van der Waals surface area contributed by atoms with Gasteiger partial charge in [-0.1, -0.05) is 12.1 Å². The molecule has 1 atom stereocenters. The molecule has 3 amide bonds. The Bertz CT molecular complexity index is 1210. The fraction of sp³-hybridized carbons (Fsp3) is 0.269. The summed E-state index contributed by atoms with van der Waals surface area (Å²) < 4.78 is 1.73. The number of carbonyl (C=O) groups is 3. The maximum absolute atomic E-state index is 12.8. The molecule has 0 radical (unpaired) electrons. The van der Waals surface area contributed by atoms with E-state index in [-0.39, 0.29) is 24.1 Å². The van der Waals surface area contributed by atoms with Crippen LogP contribution in [-0.4, -0.2) is 28.9 Å². The maximum atomic E-state index is 12.8. The molecule has 1 saturated heterocycles. The summed E-state index contributed by atoms with van der Waals surface area (Å²) in [5.41, 5.74) is 8.82. The van der Waals surface area contributed by atoms with Gasteiger partial charge >= 0.3 is 0 Å². The zero-order valence-electron chi connectivity index (χ0n) is 19.3. The third kappa shape index (κ3) is 4.53. The lowest BCUT2D eigenvalue weighted by Gasteiger charge is -2.20. The van der Waals surface area contributed by atoms with Gasteiger partial charge in [0.15, 0.2) is 0 Å². The first-order chi connectivity index (χ1) is 15.7. The van der Waals surface area contributed by atoms with Crippen molar-refractivity contribution >= 4 is 29.1 Å². The van der Waals surface area contributed by atoms with E-state index in [9.17, 15) is 14.4 Å². The largest absolute Gasteiger partial charge is 0.326 e. The summed E-state index contributed by atoms with van der Waals surface area (Å²) in [5.74, 6) is -0.917. The van der Waals surface area contributed by atoms with Crippen LogP contribution in [0, 0.1) is 33.6 Å². The molecule has 0 saturated carbocycles. The first kappa shape index (κ1) is 22.3. The van der Waals surface area contributed by atoms with E-state index in [0.717, 1.165) is 28.2 Å². The van der Waals surface area contributed by atoms with E-state index in [1.807, 2.05) is 58.0 Å². The van der Waals surface area contributed by atoms with Crippen LogP contribution in [0.3, 0.4) is 0 Å². The Morgan fingerprint density at radius 1 is 0.909 bits per heavy atom. The molecule has 7 nitrogen and oxygen atoms in total. The zero-order chi connectivity index (χ0) is 23.7. The molecule has 7 heteroatoms. The third-order valence-corrected chi connectivity index (χ3v) is 6.26. The lowest BCUT2D eigenvalue weighted by molar-refractivity contribution is -0.122. The number of hydrogen-bond acceptors (Lipinski definition) is 3. The molecular formula is C26H28N4O3. The van der Waals surface area contributed by atoms with E-state index in [2.05, 4.69) is 10.7 Å². The number of aryl methyl sites for hydroxylation is 3. The number of nitrogens with zero attached hydrogens (tertiary/aromatic N) is 2. The molecule has 0 unspecified atom stereocenters. The Hall–Kier alpha value is -3.87. The summed E-state index contributed by atoms with van der Waals surface area (Å²) in [6, 6.07) is 16.4. The summed E-state index contributed by atoms with van der Waals surface area (Å²) in [4.78, 5) is 39.7. The van der Waals surface area contributed by atoms with Gasteiger partial charge in [-0.25, -0.2) is 0 Å². The molecule has 2 N–H and O–H groups in total. The second-order valence-corrected chi connectivity index (χ2v) is 8.58. The first-order valence-electron chi connectivity index (χ1n) is 11.0. The second-order valence-electron chi connectivity index (χ2n) is 8.58. The summed E-state index contributed by atoms with van der Waals surface area (Å²) in [5, 5.41) is 2.88. The molecule has 0 aliphatic carbocycles. The van der Waals surface area contributed by atoms with Crippen molar-refractivity contribution in [3.05, 3.63) is 82.7 Å². The van der Waals surface area contributed by atoms with Crippen molar-refractivity contribution in [1.82, 2.24) is 4.68 Å². The number of nitrogens with one attached hydrogen (secondary N) is 2. The van der Waals surface area contributed by atoms with Gasteiger partial charge in [0.05, 0.1) is 5.92 Å². The number of carbonyl (C=O) groups excluding carboxylic acids is 3. The van der Waals surface area contributed by atoms with Crippen molar-refractivity contribution in [1.29, 1.82) is 0 Å². The molecule has 33 heavy (non-hydrogen) atoms. The third-order valence-electron chi connectivity index (χ3n) is 6.26. The molecule has 1 fully saturated rings. The van der Waals surface area contributed by atoms with Crippen LogP contribution < -0.4 is 15.6 Å². The molecule has 0 bridgehead atoms. The Morgan fingerprint density at radius 3 is 2.24 bits per heavy atom. The summed E-state index contributed by atoms with van der Waals surface area (Å²) in [6.45, 7) is 8.18. The van der Waals surface area contributed by atoms with Crippen LogP contribution in [-0.2, 0) is 9.59 Å². The highest BCUT2D eigenvalue weighted by atomic mass is 16.2. The number of hydrogen-bond donors (Lipinski definition) is 2. The SMILES string of the molecule is Cc1cccc(N2C[C@H](C(=O)Nc3ccc(C(=O)Nn4c(C)ccc4C)cc3)CC2=O)c1C. The standard InChI is InChI=1S/C26H28N4O3/c1-16-6-5-7-23(19(16)4)29-15-21(14-24(29)31)25(32)27-22-12-10-20(11-13-22)26(33)28-30-17(2)8-9-18(30)3/h5-13,21H,14-15H2,1-4H3,(H,27,32)(H,28,33)/t21-/m1/s1. The van der Waals surface area contributed by atoms with Crippen LogP contribution in [0.25, 0.3) is 0 Å². The molecule has 2 heterocycles. The van der Waals surface area contributed by atoms with Crippen LogP contribution >= 0.6 is 0 Å². The fourth-order valence-electron chi connectivity index (χ4n) is 4.10. The maximum Gasteiger partial charge on any atom is 0.270 e. The average Bonchev–Trinajstić information content (AvgIpc) is 3.33. The second kappa shape index (κ2) is 8.94. The molecule has 3 aromatic rings. The van der Waals surface area contributed by atoms with Crippen LogP contribution in [0.15, 0.2) is 54.6 Å². The van der Waals surface area contributed by atoms with Crippen molar-refractivity contribution in [3.63, 3.8) is 0 Å². The molecule has 1 aromatic heterocycles. The number of aromatic nitrogens is 1. The summed E-state index contributed by atoms with van der Waals surface area (Å²) >= 11 is 0. The highest BCUT2D eigenvalue weighted by molar-refractivity contribution is 6.04. The zero-order valence-corrected chi connectivity index (χ0v) is 19.3. The van der Waals surface area contributed by atoms with Crippen molar-refractivity contribution in [2.24, 2.45) is 5.92 Å². The molecule has 1 aliphatic heterocycles. The van der Waals surface area contributed by atoms with E-state index in [0.29, 0.717) is 17.8 Å². The number of anilines is 2. The van der Waals surface area contributed by atoms with E-state index in [1.54, 1.807) is 33.8 Å². The van der Waals surface area contributed by atoms with Gasteiger partial charge in [-0.2, -0.15) is 0 Å². The van der Waals surface area contributed by atoms with Crippen LogP contribution in [0.2, 0.25) is 0 Å². The minimum atomic E-state index is -0.430. The van der Waals surface area contributed by atoms with Crippen LogP contribution in [0.5, 0.6) is 0 Å². The van der Waals surface area contributed by atoms with Gasteiger partial charge in [0, 0.05) is 41.3 Å². The fourth-order valence-corrected chi connectivity index (χ4v) is 4.10. The molecule has 0 spiro atoms. The Labute approximate surface area is 193 Å². The molecule has 2 aromatic carbocycles. The van der Waals surface area contributed by atoms with Gasteiger partial charge in [0.1, 0.15) is 0 Å². The van der Waals surface area contributed by atoms with Gasteiger partial charge in [-0.05, 0) is 81.3 Å². The minimum Gasteiger partial charge on any atom is -0.326 e. The number of benzene rings is 2. The van der Waals surface area contributed by atoms with Gasteiger partial charge in [0.25, 0.3) is 5.91 Å². The predicted octanol–water partition coefficient (Wildman–Crippen LogP) is 4.10. The Kier molecular flexibility index (Phi) is 6.05.